The molecule has 5 nitrogen and oxygen atoms in total. The zero-order valence-corrected chi connectivity index (χ0v) is 17.4. The maximum absolute atomic E-state index is 14.7. The van der Waals surface area contributed by atoms with E-state index in [4.69, 9.17) is 4.74 Å². The van der Waals surface area contributed by atoms with Crippen molar-refractivity contribution in [1.82, 2.24) is 15.2 Å². The van der Waals surface area contributed by atoms with Gasteiger partial charge in [0.25, 0.3) is 0 Å². The molecule has 1 N–H and O–H groups in total. The Kier molecular flexibility index (Phi) is 7.02. The lowest BCUT2D eigenvalue weighted by molar-refractivity contribution is -0.120. The van der Waals surface area contributed by atoms with Gasteiger partial charge in [0.15, 0.2) is 0 Å². The first kappa shape index (κ1) is 21.2. The van der Waals surface area contributed by atoms with Crippen molar-refractivity contribution in [2.24, 2.45) is 0 Å². The van der Waals surface area contributed by atoms with Crippen LogP contribution < -0.4 is 5.32 Å². The molecule has 6 heteroatoms. The molecule has 1 aromatic heterocycles. The molecular weight excluding hydrogens is 393 g/mol. The van der Waals surface area contributed by atoms with Crippen molar-refractivity contribution in [3.05, 3.63) is 89.5 Å². The number of pyridine rings is 1. The van der Waals surface area contributed by atoms with Gasteiger partial charge >= 0.3 is 0 Å². The summed E-state index contributed by atoms with van der Waals surface area (Å²) in [6, 6.07) is 18.7. The summed E-state index contributed by atoms with van der Waals surface area (Å²) in [4.78, 5) is 18.9. The Labute approximate surface area is 181 Å². The Morgan fingerprint density at radius 3 is 2.48 bits per heavy atom. The number of carbonyl (C=O) groups is 1. The van der Waals surface area contributed by atoms with Gasteiger partial charge in [-0.25, -0.2) is 4.39 Å². The summed E-state index contributed by atoms with van der Waals surface area (Å²) < 4.78 is 20.1. The molecule has 3 aromatic rings. The minimum Gasteiger partial charge on any atom is -0.379 e. The van der Waals surface area contributed by atoms with E-state index in [1.165, 1.54) is 6.07 Å². The molecule has 1 saturated heterocycles. The number of hydrogen-bond donors (Lipinski definition) is 1. The van der Waals surface area contributed by atoms with Gasteiger partial charge in [-0.1, -0.05) is 54.6 Å². The molecule has 1 aliphatic rings. The third-order valence-corrected chi connectivity index (χ3v) is 5.36. The normalized spacial score (nSPS) is 14.4. The third kappa shape index (κ3) is 5.96. The monoisotopic (exact) mass is 419 g/mol. The van der Waals surface area contributed by atoms with Crippen molar-refractivity contribution < 1.29 is 13.9 Å². The van der Waals surface area contributed by atoms with Crippen molar-refractivity contribution in [2.45, 2.75) is 19.5 Å². The first-order valence-electron chi connectivity index (χ1n) is 10.5. The second kappa shape index (κ2) is 10.3. The molecule has 2 aromatic carbocycles. The van der Waals surface area contributed by atoms with Crippen LogP contribution in [0.1, 0.15) is 16.8 Å². The number of amides is 1. The summed E-state index contributed by atoms with van der Waals surface area (Å²) in [5.74, 6) is -0.330. The highest BCUT2D eigenvalue weighted by Crippen LogP contribution is 2.23. The Morgan fingerprint density at radius 2 is 1.77 bits per heavy atom. The summed E-state index contributed by atoms with van der Waals surface area (Å²) in [7, 11) is 0. The molecule has 0 spiro atoms. The van der Waals surface area contributed by atoms with Gasteiger partial charge in [-0.05, 0) is 22.8 Å². The number of rotatable bonds is 7. The number of carbonyl (C=O) groups excluding carboxylic acids is 1. The van der Waals surface area contributed by atoms with E-state index in [1.807, 2.05) is 54.6 Å². The molecule has 4 rings (SSSR count). The van der Waals surface area contributed by atoms with Crippen LogP contribution in [0.2, 0.25) is 0 Å². The fourth-order valence-electron chi connectivity index (χ4n) is 3.60. The molecule has 1 aliphatic heterocycles. The average molecular weight is 420 g/mol. The molecule has 0 radical (unpaired) electrons. The van der Waals surface area contributed by atoms with E-state index in [0.29, 0.717) is 31.9 Å². The molecule has 1 amide bonds. The van der Waals surface area contributed by atoms with Crippen LogP contribution >= 0.6 is 0 Å². The van der Waals surface area contributed by atoms with Gasteiger partial charge in [0.05, 0.1) is 25.3 Å². The van der Waals surface area contributed by atoms with E-state index in [-0.39, 0.29) is 18.1 Å². The van der Waals surface area contributed by atoms with Gasteiger partial charge in [0.2, 0.25) is 5.91 Å². The van der Waals surface area contributed by atoms with Crippen LogP contribution in [0.15, 0.2) is 66.9 Å². The first-order chi connectivity index (χ1) is 15.2. The lowest BCUT2D eigenvalue weighted by atomic mass is 10.0. The summed E-state index contributed by atoms with van der Waals surface area (Å²) in [5.41, 5.74) is 3.87. The molecule has 0 saturated carbocycles. The van der Waals surface area contributed by atoms with Crippen LogP contribution in [0.4, 0.5) is 4.39 Å². The van der Waals surface area contributed by atoms with Gasteiger partial charge in [0, 0.05) is 37.9 Å². The second-order valence-electron chi connectivity index (χ2n) is 7.68. The highest BCUT2D eigenvalue weighted by atomic mass is 19.1. The molecular formula is C25H26FN3O2. The van der Waals surface area contributed by atoms with Gasteiger partial charge in [-0.3, -0.25) is 14.7 Å². The summed E-state index contributed by atoms with van der Waals surface area (Å²) in [5, 5.41) is 2.92. The zero-order chi connectivity index (χ0) is 21.5. The fourth-order valence-corrected chi connectivity index (χ4v) is 3.60. The van der Waals surface area contributed by atoms with Crippen molar-refractivity contribution in [1.29, 1.82) is 0 Å². The number of nitrogens with one attached hydrogen (secondary N) is 1. The number of benzene rings is 2. The summed E-state index contributed by atoms with van der Waals surface area (Å²) in [6.07, 6.45) is 1.87. The highest BCUT2D eigenvalue weighted by Gasteiger charge is 2.14. The minimum absolute atomic E-state index is 0.0445. The molecule has 2 heterocycles. The van der Waals surface area contributed by atoms with E-state index in [0.717, 1.165) is 35.5 Å². The molecule has 31 heavy (non-hydrogen) atoms. The van der Waals surface area contributed by atoms with Crippen LogP contribution in [-0.2, 0) is 29.0 Å². The topological polar surface area (TPSA) is 54.5 Å². The van der Waals surface area contributed by atoms with Crippen molar-refractivity contribution in [3.8, 4) is 11.1 Å². The van der Waals surface area contributed by atoms with Crippen molar-refractivity contribution in [3.63, 3.8) is 0 Å². The van der Waals surface area contributed by atoms with Gasteiger partial charge in [0.1, 0.15) is 5.82 Å². The fraction of sp³-hybridized carbons (Fsp3) is 0.280. The van der Waals surface area contributed by atoms with E-state index < -0.39 is 0 Å². The molecule has 0 aliphatic carbocycles. The number of aromatic nitrogens is 1. The molecule has 0 bridgehead atoms. The van der Waals surface area contributed by atoms with Crippen LogP contribution in [0.3, 0.4) is 0 Å². The number of hydrogen-bond acceptors (Lipinski definition) is 4. The van der Waals surface area contributed by atoms with Crippen LogP contribution in [0, 0.1) is 5.82 Å². The molecule has 160 valence electrons. The number of morpholine rings is 1. The number of nitrogens with zero attached hydrogens (tertiary/aromatic N) is 2. The zero-order valence-electron chi connectivity index (χ0n) is 17.4. The average Bonchev–Trinajstić information content (AvgIpc) is 2.80. The molecule has 0 unspecified atom stereocenters. The van der Waals surface area contributed by atoms with Gasteiger partial charge in [-0.2, -0.15) is 0 Å². The maximum Gasteiger partial charge on any atom is 0.224 e. The SMILES string of the molecule is O=C(Cc1ccc(-c2cnc(CN3CCOCC3)cc2F)cc1)NCc1ccccc1. The van der Waals surface area contributed by atoms with Crippen LogP contribution in [0.5, 0.6) is 0 Å². The highest BCUT2D eigenvalue weighted by molar-refractivity contribution is 5.78. The minimum atomic E-state index is -0.286. The Hall–Kier alpha value is -3.09. The quantitative estimate of drug-likeness (QED) is 0.636. The third-order valence-electron chi connectivity index (χ3n) is 5.36. The van der Waals surface area contributed by atoms with E-state index >= 15 is 0 Å². The standard InChI is InChI=1S/C25H26FN3O2/c26-24-15-22(18-29-10-12-31-13-11-29)27-17-23(24)21-8-6-19(7-9-21)14-25(30)28-16-20-4-2-1-3-5-20/h1-9,15,17H,10-14,16,18H2,(H,28,30). The predicted octanol–water partition coefficient (Wildman–Crippen LogP) is 3.58. The van der Waals surface area contributed by atoms with E-state index in [2.05, 4.69) is 15.2 Å². The Balaban J connectivity index is 1.34. The Morgan fingerprint density at radius 1 is 1.03 bits per heavy atom. The Bertz CT molecular complexity index is 1000. The van der Waals surface area contributed by atoms with Gasteiger partial charge in [-0.15, -0.1) is 0 Å². The number of ether oxygens (including phenoxy) is 1. The second-order valence-corrected chi connectivity index (χ2v) is 7.68. The molecule has 0 atom stereocenters. The predicted molar refractivity (Wildman–Crippen MR) is 118 cm³/mol. The maximum atomic E-state index is 14.7. The smallest absolute Gasteiger partial charge is 0.224 e. The van der Waals surface area contributed by atoms with Gasteiger partial charge < -0.3 is 10.1 Å². The van der Waals surface area contributed by atoms with Crippen LogP contribution in [-0.4, -0.2) is 42.1 Å². The van der Waals surface area contributed by atoms with E-state index in [1.54, 1.807) is 6.20 Å². The van der Waals surface area contributed by atoms with Crippen molar-refractivity contribution >= 4 is 5.91 Å². The largest absolute Gasteiger partial charge is 0.379 e. The van der Waals surface area contributed by atoms with Crippen molar-refractivity contribution in [2.75, 3.05) is 26.3 Å². The van der Waals surface area contributed by atoms with E-state index in [9.17, 15) is 9.18 Å². The lowest BCUT2D eigenvalue weighted by Gasteiger charge is -2.26. The first-order valence-corrected chi connectivity index (χ1v) is 10.5. The molecule has 1 fully saturated rings. The van der Waals surface area contributed by atoms with Crippen LogP contribution in [0.25, 0.3) is 11.1 Å². The summed E-state index contributed by atoms with van der Waals surface area (Å²) in [6.45, 7) is 4.22. The number of halogens is 1. The summed E-state index contributed by atoms with van der Waals surface area (Å²) >= 11 is 0. The lowest BCUT2D eigenvalue weighted by Crippen LogP contribution is -2.35.